The molecule has 0 saturated heterocycles. The fraction of sp³-hybridized carbons (Fsp3) is 0.167. The van der Waals surface area contributed by atoms with Gasteiger partial charge in [0.15, 0.2) is 5.82 Å². The van der Waals surface area contributed by atoms with Crippen molar-refractivity contribution in [2.75, 3.05) is 0 Å². The van der Waals surface area contributed by atoms with Crippen molar-refractivity contribution in [3.63, 3.8) is 0 Å². The van der Waals surface area contributed by atoms with Crippen LogP contribution in [0.2, 0.25) is 0 Å². The van der Waals surface area contributed by atoms with Gasteiger partial charge in [-0.25, -0.2) is 13.2 Å². The highest BCUT2D eigenvalue weighted by Crippen LogP contribution is 2.22. The van der Waals surface area contributed by atoms with E-state index in [1.165, 1.54) is 0 Å². The van der Waals surface area contributed by atoms with Crippen LogP contribution in [-0.2, 0) is 0 Å². The summed E-state index contributed by atoms with van der Waals surface area (Å²) in [7, 11) is 0. The number of pyridine rings is 1. The molecule has 66 valence electrons. The van der Waals surface area contributed by atoms with Gasteiger partial charge < -0.3 is 0 Å². The predicted octanol–water partition coefficient (Wildman–Crippen LogP) is 2.44. The first-order valence-electron chi connectivity index (χ1n) is 2.82. The highest BCUT2D eigenvalue weighted by atomic mass is 19.3. The van der Waals surface area contributed by atoms with Gasteiger partial charge in [-0.15, -0.1) is 0 Å². The lowest BCUT2D eigenvalue weighted by Crippen LogP contribution is -2.00. The minimum atomic E-state index is -3.25. The fourth-order valence-corrected chi connectivity index (χ4v) is 0.645. The maximum atomic E-state index is 12.3. The zero-order valence-electron chi connectivity index (χ0n) is 5.49. The molecule has 0 aromatic carbocycles. The normalized spacial score (nSPS) is 10.8. The Morgan fingerprint density at radius 1 is 1.17 bits per heavy atom. The lowest BCUT2D eigenvalue weighted by Gasteiger charge is -2.00. The maximum absolute atomic E-state index is 12.3. The number of hydrogen-bond donors (Lipinski definition) is 0. The van der Waals surface area contributed by atoms with Crippen LogP contribution in [0.1, 0.15) is 12.0 Å². The molecule has 0 N–H and O–H groups in total. The summed E-state index contributed by atoms with van der Waals surface area (Å²) in [6.45, 7) is 0. The summed E-state index contributed by atoms with van der Waals surface area (Å²) in [6, 6.07) is 0.156. The largest absolute Gasteiger partial charge is 0.267 e. The molecule has 0 amide bonds. The first-order chi connectivity index (χ1) is 5.52. The lowest BCUT2D eigenvalue weighted by molar-refractivity contribution is 0.143. The maximum Gasteiger partial charge on any atom is 0.267 e. The number of halogens is 5. The minimum Gasteiger partial charge on any atom is -0.205 e. The summed E-state index contributed by atoms with van der Waals surface area (Å²) in [4.78, 5) is 2.37. The van der Waals surface area contributed by atoms with E-state index >= 15 is 0 Å². The van der Waals surface area contributed by atoms with Gasteiger partial charge >= 0.3 is 0 Å². The van der Waals surface area contributed by atoms with Crippen LogP contribution in [-0.4, -0.2) is 4.98 Å². The standard InChI is InChI=1S/C6H2F5N/c7-3-1-2(5(9)10)4(8)6(11)12-3/h1,5H. The molecule has 0 saturated carbocycles. The van der Waals surface area contributed by atoms with Gasteiger partial charge in [0.1, 0.15) is 0 Å². The molecule has 0 fully saturated rings. The molecule has 0 aliphatic rings. The topological polar surface area (TPSA) is 12.9 Å². The van der Waals surface area contributed by atoms with Crippen LogP contribution in [0.25, 0.3) is 0 Å². The lowest BCUT2D eigenvalue weighted by atomic mass is 10.2. The predicted molar refractivity (Wildman–Crippen MR) is 29.1 cm³/mol. The second-order valence-corrected chi connectivity index (χ2v) is 1.94. The van der Waals surface area contributed by atoms with Gasteiger partial charge in [-0.05, 0) is 0 Å². The third-order valence-corrected chi connectivity index (χ3v) is 1.15. The van der Waals surface area contributed by atoms with Gasteiger partial charge in [0.2, 0.25) is 5.95 Å². The van der Waals surface area contributed by atoms with Crippen LogP contribution in [0.3, 0.4) is 0 Å². The molecule has 6 heteroatoms. The Balaban J connectivity index is 3.28. The van der Waals surface area contributed by atoms with Crippen LogP contribution in [0, 0.1) is 17.7 Å². The molecule has 1 aromatic heterocycles. The Kier molecular flexibility index (Phi) is 2.25. The zero-order chi connectivity index (χ0) is 9.30. The van der Waals surface area contributed by atoms with Gasteiger partial charge in [-0.1, -0.05) is 0 Å². The van der Waals surface area contributed by atoms with Gasteiger partial charge in [0.05, 0.1) is 5.56 Å². The molecule has 0 aliphatic heterocycles. The van der Waals surface area contributed by atoms with E-state index in [9.17, 15) is 22.0 Å². The molecular formula is C6H2F5N. The number of alkyl halides is 2. The highest BCUT2D eigenvalue weighted by molar-refractivity contribution is 5.15. The Labute approximate surface area is 63.8 Å². The van der Waals surface area contributed by atoms with Crippen LogP contribution >= 0.6 is 0 Å². The molecule has 0 spiro atoms. The van der Waals surface area contributed by atoms with Crippen LogP contribution in [0.4, 0.5) is 22.0 Å². The van der Waals surface area contributed by atoms with Gasteiger partial charge in [0.25, 0.3) is 12.4 Å². The van der Waals surface area contributed by atoms with E-state index in [0.717, 1.165) is 0 Å². The molecule has 1 nitrogen and oxygen atoms in total. The van der Waals surface area contributed by atoms with E-state index < -0.39 is 29.7 Å². The molecule has 1 heterocycles. The summed E-state index contributed by atoms with van der Waals surface area (Å²) in [5, 5.41) is 0. The van der Waals surface area contributed by atoms with Crippen molar-refractivity contribution in [2.24, 2.45) is 0 Å². The second kappa shape index (κ2) is 3.04. The highest BCUT2D eigenvalue weighted by Gasteiger charge is 2.19. The van der Waals surface area contributed by atoms with Crippen molar-refractivity contribution in [3.8, 4) is 0 Å². The Morgan fingerprint density at radius 3 is 2.25 bits per heavy atom. The third-order valence-electron chi connectivity index (χ3n) is 1.15. The number of aromatic nitrogens is 1. The number of nitrogens with zero attached hydrogens (tertiary/aromatic N) is 1. The van der Waals surface area contributed by atoms with E-state index in [-0.39, 0.29) is 6.07 Å². The van der Waals surface area contributed by atoms with Gasteiger partial charge in [-0.2, -0.15) is 13.8 Å². The molecule has 0 unspecified atom stereocenters. The quantitative estimate of drug-likeness (QED) is 0.481. The van der Waals surface area contributed by atoms with Crippen molar-refractivity contribution in [3.05, 3.63) is 29.3 Å². The number of rotatable bonds is 1. The summed E-state index contributed by atoms with van der Waals surface area (Å²) >= 11 is 0. The Morgan fingerprint density at radius 2 is 1.75 bits per heavy atom. The van der Waals surface area contributed by atoms with Crippen molar-refractivity contribution < 1.29 is 22.0 Å². The van der Waals surface area contributed by atoms with Crippen LogP contribution in [0.5, 0.6) is 0 Å². The molecule has 0 atom stereocenters. The third kappa shape index (κ3) is 1.51. The SMILES string of the molecule is Fc1cc(C(F)F)c(F)c(F)n1. The van der Waals surface area contributed by atoms with Crippen molar-refractivity contribution in [2.45, 2.75) is 6.43 Å². The fourth-order valence-electron chi connectivity index (χ4n) is 0.645. The summed E-state index contributed by atoms with van der Waals surface area (Å²) in [5.41, 5.74) is -1.32. The second-order valence-electron chi connectivity index (χ2n) is 1.94. The molecule has 1 rings (SSSR count). The first kappa shape index (κ1) is 8.89. The average Bonchev–Trinajstić information content (AvgIpc) is 1.96. The van der Waals surface area contributed by atoms with E-state index in [4.69, 9.17) is 0 Å². The molecular weight excluding hydrogens is 181 g/mol. The Bertz CT molecular complexity index is 298. The van der Waals surface area contributed by atoms with Crippen LogP contribution < -0.4 is 0 Å². The molecule has 0 radical (unpaired) electrons. The molecule has 12 heavy (non-hydrogen) atoms. The van der Waals surface area contributed by atoms with E-state index in [0.29, 0.717) is 0 Å². The van der Waals surface area contributed by atoms with E-state index in [1.54, 1.807) is 0 Å². The molecule has 0 bridgehead atoms. The van der Waals surface area contributed by atoms with Crippen LogP contribution in [0.15, 0.2) is 6.07 Å². The van der Waals surface area contributed by atoms with E-state index in [1.807, 2.05) is 0 Å². The summed E-state index contributed by atoms with van der Waals surface area (Å²) in [6.07, 6.45) is -3.25. The number of hydrogen-bond acceptors (Lipinski definition) is 1. The average molecular weight is 183 g/mol. The van der Waals surface area contributed by atoms with Crippen molar-refractivity contribution >= 4 is 0 Å². The Hall–Kier alpha value is -1.20. The molecule has 1 aromatic rings. The smallest absolute Gasteiger partial charge is 0.205 e. The summed E-state index contributed by atoms with van der Waals surface area (Å²) in [5.74, 6) is -5.14. The van der Waals surface area contributed by atoms with Gasteiger partial charge in [0, 0.05) is 6.07 Å². The van der Waals surface area contributed by atoms with Crippen molar-refractivity contribution in [1.82, 2.24) is 4.98 Å². The minimum absolute atomic E-state index is 0.156. The van der Waals surface area contributed by atoms with Crippen molar-refractivity contribution in [1.29, 1.82) is 0 Å². The first-order valence-corrected chi connectivity index (χ1v) is 2.82. The molecule has 0 aliphatic carbocycles. The zero-order valence-corrected chi connectivity index (χ0v) is 5.49. The van der Waals surface area contributed by atoms with E-state index in [2.05, 4.69) is 4.98 Å². The van der Waals surface area contributed by atoms with Gasteiger partial charge in [-0.3, -0.25) is 0 Å². The summed E-state index contributed by atoms with van der Waals surface area (Å²) < 4.78 is 60.2. The monoisotopic (exact) mass is 183 g/mol.